The molecule has 1 spiro atoms. The Morgan fingerprint density at radius 3 is 2.76 bits per heavy atom. The van der Waals surface area contributed by atoms with Crippen molar-refractivity contribution in [3.63, 3.8) is 0 Å². The van der Waals surface area contributed by atoms with Crippen molar-refractivity contribution < 1.29 is 14.4 Å². The number of rotatable bonds is 8. The van der Waals surface area contributed by atoms with Gasteiger partial charge in [-0.25, -0.2) is 4.79 Å². The van der Waals surface area contributed by atoms with E-state index in [1.54, 1.807) is 0 Å². The summed E-state index contributed by atoms with van der Waals surface area (Å²) in [5, 5.41) is 5.80. The van der Waals surface area contributed by atoms with Gasteiger partial charge in [0, 0.05) is 6.04 Å². The minimum atomic E-state index is -0.790. The molecule has 0 unspecified atom stereocenters. The van der Waals surface area contributed by atoms with Crippen LogP contribution >= 0.6 is 0 Å². The molecule has 2 rings (SSSR count). The van der Waals surface area contributed by atoms with Gasteiger partial charge in [0.2, 0.25) is 5.91 Å². The van der Waals surface area contributed by atoms with Crippen LogP contribution in [-0.4, -0.2) is 40.9 Å². The highest BCUT2D eigenvalue weighted by Gasteiger charge is 2.55. The summed E-state index contributed by atoms with van der Waals surface area (Å²) >= 11 is 0. The van der Waals surface area contributed by atoms with Crippen molar-refractivity contribution in [1.82, 2.24) is 15.5 Å². The zero-order chi connectivity index (χ0) is 18.4. The zero-order valence-corrected chi connectivity index (χ0v) is 15.9. The van der Waals surface area contributed by atoms with Gasteiger partial charge in [-0.05, 0) is 32.1 Å². The van der Waals surface area contributed by atoms with Crippen LogP contribution in [0.4, 0.5) is 4.79 Å². The van der Waals surface area contributed by atoms with Crippen LogP contribution in [-0.2, 0) is 9.59 Å². The molecule has 0 aromatic carbocycles. The fourth-order valence-electron chi connectivity index (χ4n) is 4.05. The number of unbranched alkanes of at least 4 members (excludes halogenated alkanes) is 3. The van der Waals surface area contributed by atoms with Crippen molar-refractivity contribution in [2.24, 2.45) is 5.92 Å². The summed E-state index contributed by atoms with van der Waals surface area (Å²) in [5.74, 6) is -0.370. The standard InChI is InChI=1S/C19H33N3O3/c1-4-5-6-7-11-15(3)20-16(23)13-22-17(24)19(21-18(22)25)12-9-8-10-14(19)2/h14-15H,4-13H2,1-3H3,(H,20,23)(H,21,25)/t14-,15+,19-/m0/s1. The van der Waals surface area contributed by atoms with Crippen LogP contribution in [0.15, 0.2) is 0 Å². The van der Waals surface area contributed by atoms with Gasteiger partial charge in [0.25, 0.3) is 5.91 Å². The molecule has 1 heterocycles. The molecule has 142 valence electrons. The van der Waals surface area contributed by atoms with E-state index in [1.807, 2.05) is 13.8 Å². The number of nitrogens with zero attached hydrogens (tertiary/aromatic N) is 1. The third-order valence-electron chi connectivity index (χ3n) is 5.70. The molecule has 2 fully saturated rings. The number of amides is 4. The van der Waals surface area contributed by atoms with E-state index >= 15 is 0 Å². The molecule has 1 saturated heterocycles. The summed E-state index contributed by atoms with van der Waals surface area (Å²) in [6, 6.07) is -0.364. The van der Waals surface area contributed by atoms with Gasteiger partial charge in [0.1, 0.15) is 12.1 Å². The van der Waals surface area contributed by atoms with Gasteiger partial charge in [0.05, 0.1) is 0 Å². The Hall–Kier alpha value is -1.59. The van der Waals surface area contributed by atoms with E-state index in [4.69, 9.17) is 0 Å². The molecule has 6 heteroatoms. The maximum Gasteiger partial charge on any atom is 0.325 e. The average Bonchev–Trinajstić information content (AvgIpc) is 2.79. The van der Waals surface area contributed by atoms with Crippen LogP contribution in [0.5, 0.6) is 0 Å². The second-order valence-electron chi connectivity index (χ2n) is 7.76. The van der Waals surface area contributed by atoms with E-state index in [0.29, 0.717) is 6.42 Å². The SMILES string of the molecule is CCCCCC[C@@H](C)NC(=O)CN1C(=O)N[C@]2(CCCC[C@@H]2C)C1=O. The second kappa shape index (κ2) is 8.68. The summed E-state index contributed by atoms with van der Waals surface area (Å²) in [6.45, 7) is 5.97. The summed E-state index contributed by atoms with van der Waals surface area (Å²) in [4.78, 5) is 38.5. The quantitative estimate of drug-likeness (QED) is 0.521. The molecule has 0 aromatic heterocycles. The van der Waals surface area contributed by atoms with Gasteiger partial charge in [0.15, 0.2) is 0 Å². The van der Waals surface area contributed by atoms with E-state index in [0.717, 1.165) is 37.0 Å². The number of nitrogens with one attached hydrogen (secondary N) is 2. The zero-order valence-electron chi connectivity index (χ0n) is 15.9. The lowest BCUT2D eigenvalue weighted by Gasteiger charge is -2.36. The average molecular weight is 351 g/mol. The first-order valence-corrected chi connectivity index (χ1v) is 9.84. The Morgan fingerprint density at radius 1 is 1.32 bits per heavy atom. The van der Waals surface area contributed by atoms with Gasteiger partial charge in [-0.1, -0.05) is 52.4 Å². The number of hydrogen-bond donors (Lipinski definition) is 2. The maximum absolute atomic E-state index is 12.8. The lowest BCUT2D eigenvalue weighted by molar-refractivity contribution is -0.137. The fraction of sp³-hybridized carbons (Fsp3) is 0.842. The Kier molecular flexibility index (Phi) is 6.85. The molecule has 1 aliphatic carbocycles. The summed E-state index contributed by atoms with van der Waals surface area (Å²) < 4.78 is 0. The second-order valence-corrected chi connectivity index (χ2v) is 7.76. The molecule has 2 N–H and O–H groups in total. The molecule has 2 aliphatic rings. The van der Waals surface area contributed by atoms with E-state index in [-0.39, 0.29) is 30.3 Å². The number of imide groups is 1. The van der Waals surface area contributed by atoms with Crippen LogP contribution in [0.1, 0.15) is 78.6 Å². The highest BCUT2D eigenvalue weighted by molar-refractivity contribution is 6.09. The predicted molar refractivity (Wildman–Crippen MR) is 97.0 cm³/mol. The van der Waals surface area contributed by atoms with Gasteiger partial charge >= 0.3 is 6.03 Å². The van der Waals surface area contributed by atoms with Crippen molar-refractivity contribution in [3.05, 3.63) is 0 Å². The maximum atomic E-state index is 12.8. The Labute approximate surface area is 151 Å². The van der Waals surface area contributed by atoms with Crippen LogP contribution in [0, 0.1) is 5.92 Å². The lowest BCUT2D eigenvalue weighted by atomic mass is 9.73. The van der Waals surface area contributed by atoms with Crippen molar-refractivity contribution in [1.29, 1.82) is 0 Å². The van der Waals surface area contributed by atoms with E-state index < -0.39 is 11.6 Å². The van der Waals surface area contributed by atoms with Crippen LogP contribution in [0.3, 0.4) is 0 Å². The monoisotopic (exact) mass is 351 g/mol. The minimum Gasteiger partial charge on any atom is -0.352 e. The smallest absolute Gasteiger partial charge is 0.325 e. The van der Waals surface area contributed by atoms with Crippen LogP contribution in [0.2, 0.25) is 0 Å². The van der Waals surface area contributed by atoms with Crippen molar-refractivity contribution in [3.8, 4) is 0 Å². The van der Waals surface area contributed by atoms with E-state index in [9.17, 15) is 14.4 Å². The molecule has 1 aliphatic heterocycles. The Bertz CT molecular complexity index is 508. The molecule has 0 aromatic rings. The molecular formula is C19H33N3O3. The third kappa shape index (κ3) is 4.53. The topological polar surface area (TPSA) is 78.5 Å². The minimum absolute atomic E-state index is 0.0627. The largest absolute Gasteiger partial charge is 0.352 e. The van der Waals surface area contributed by atoms with Crippen LogP contribution in [0.25, 0.3) is 0 Å². The first-order valence-electron chi connectivity index (χ1n) is 9.84. The molecule has 4 amide bonds. The molecule has 1 saturated carbocycles. The Balaban J connectivity index is 1.86. The summed E-state index contributed by atoms with van der Waals surface area (Å²) in [5.41, 5.74) is -0.790. The van der Waals surface area contributed by atoms with Crippen molar-refractivity contribution >= 4 is 17.8 Å². The van der Waals surface area contributed by atoms with E-state index in [1.165, 1.54) is 19.3 Å². The molecular weight excluding hydrogens is 318 g/mol. The van der Waals surface area contributed by atoms with Gasteiger partial charge in [-0.15, -0.1) is 0 Å². The van der Waals surface area contributed by atoms with E-state index in [2.05, 4.69) is 17.6 Å². The van der Waals surface area contributed by atoms with Crippen molar-refractivity contribution in [2.75, 3.05) is 6.54 Å². The number of hydrogen-bond acceptors (Lipinski definition) is 3. The molecule has 25 heavy (non-hydrogen) atoms. The highest BCUT2D eigenvalue weighted by Crippen LogP contribution is 2.38. The fourth-order valence-corrected chi connectivity index (χ4v) is 4.05. The number of carbonyl (C=O) groups excluding carboxylic acids is 3. The van der Waals surface area contributed by atoms with Gasteiger partial charge in [-0.2, -0.15) is 0 Å². The highest BCUT2D eigenvalue weighted by atomic mass is 16.2. The molecule has 0 radical (unpaired) electrons. The predicted octanol–water partition coefficient (Wildman–Crippen LogP) is 2.96. The lowest BCUT2D eigenvalue weighted by Crippen LogP contribution is -2.54. The normalized spacial score (nSPS) is 27.5. The van der Waals surface area contributed by atoms with Gasteiger partial charge in [-0.3, -0.25) is 14.5 Å². The molecule has 6 nitrogen and oxygen atoms in total. The number of carbonyl (C=O) groups is 3. The summed E-state index contributed by atoms with van der Waals surface area (Å²) in [6.07, 6.45) is 9.20. The molecule has 3 atom stereocenters. The third-order valence-corrected chi connectivity index (χ3v) is 5.70. The van der Waals surface area contributed by atoms with Crippen molar-refractivity contribution in [2.45, 2.75) is 90.1 Å². The van der Waals surface area contributed by atoms with Crippen LogP contribution < -0.4 is 10.6 Å². The Morgan fingerprint density at radius 2 is 2.08 bits per heavy atom. The first kappa shape index (κ1) is 19.7. The summed E-state index contributed by atoms with van der Waals surface area (Å²) in [7, 11) is 0. The molecule has 0 bridgehead atoms. The van der Waals surface area contributed by atoms with Gasteiger partial charge < -0.3 is 10.6 Å². The number of urea groups is 1. The first-order chi connectivity index (χ1) is 11.9.